The van der Waals surface area contributed by atoms with Crippen LogP contribution >= 0.6 is 34.5 Å². The molecule has 3 amide bonds. The third-order valence-corrected chi connectivity index (χ3v) is 7.79. The Kier molecular flexibility index (Phi) is 8.26. The van der Waals surface area contributed by atoms with Gasteiger partial charge in [-0.1, -0.05) is 29.8 Å². The van der Waals surface area contributed by atoms with Crippen LogP contribution in [0.2, 0.25) is 10.0 Å². The fourth-order valence-corrected chi connectivity index (χ4v) is 5.69. The number of aromatic nitrogens is 3. The van der Waals surface area contributed by atoms with Crippen molar-refractivity contribution in [3.8, 4) is 11.5 Å². The standard InChI is InChI=1S/C25H25Cl2N7O5S/c1-4-19(35)30-15-9-39-10-16(15)31-24-28-6-13-7-33(22-20(26)17(37-2)5-18(38-3)21(22)27)25(36)34(23(13)32-24)8-14-11-40-12-29-14/h4-6,11-12,15-16H,1,7-10H2,2-3H3,(H,30,35)(H,28,31,32). The number of nitrogens with one attached hydrogen (secondary N) is 2. The topological polar surface area (TPSA) is 131 Å². The summed E-state index contributed by atoms with van der Waals surface area (Å²) in [6.45, 7) is 4.39. The van der Waals surface area contributed by atoms with Gasteiger partial charge < -0.3 is 24.8 Å². The lowest BCUT2D eigenvalue weighted by molar-refractivity contribution is -0.117. The average molecular weight is 606 g/mol. The summed E-state index contributed by atoms with van der Waals surface area (Å²) in [5.74, 6) is 0.973. The molecule has 2 aliphatic rings. The molecule has 2 N–H and O–H groups in total. The molecule has 5 rings (SSSR count). The third kappa shape index (κ3) is 5.37. The number of halogens is 2. The highest BCUT2D eigenvalue weighted by Gasteiger charge is 2.37. The van der Waals surface area contributed by atoms with Crippen molar-refractivity contribution in [2.24, 2.45) is 0 Å². The Hall–Kier alpha value is -3.65. The van der Waals surface area contributed by atoms with Gasteiger partial charge in [-0.15, -0.1) is 11.3 Å². The molecule has 210 valence electrons. The Balaban J connectivity index is 1.52. The van der Waals surface area contributed by atoms with E-state index >= 15 is 0 Å². The summed E-state index contributed by atoms with van der Waals surface area (Å²) in [4.78, 5) is 42.3. The van der Waals surface area contributed by atoms with E-state index in [1.807, 2.05) is 5.38 Å². The van der Waals surface area contributed by atoms with E-state index in [2.05, 4.69) is 27.2 Å². The third-order valence-electron chi connectivity index (χ3n) is 6.42. The number of carbonyl (C=O) groups is 2. The first kappa shape index (κ1) is 27.9. The molecule has 12 nitrogen and oxygen atoms in total. The van der Waals surface area contributed by atoms with Gasteiger partial charge in [0.2, 0.25) is 11.9 Å². The van der Waals surface area contributed by atoms with Crippen molar-refractivity contribution >= 4 is 63.9 Å². The highest BCUT2D eigenvalue weighted by atomic mass is 35.5. The van der Waals surface area contributed by atoms with Crippen LogP contribution in [0.25, 0.3) is 0 Å². The van der Waals surface area contributed by atoms with Crippen LogP contribution < -0.4 is 29.9 Å². The van der Waals surface area contributed by atoms with Crippen molar-refractivity contribution in [3.63, 3.8) is 0 Å². The molecule has 40 heavy (non-hydrogen) atoms. The van der Waals surface area contributed by atoms with E-state index in [1.54, 1.807) is 17.8 Å². The largest absolute Gasteiger partial charge is 0.495 e. The normalized spacial score (nSPS) is 18.4. The highest BCUT2D eigenvalue weighted by Crippen LogP contribution is 2.48. The first-order chi connectivity index (χ1) is 19.3. The van der Waals surface area contributed by atoms with Gasteiger partial charge >= 0.3 is 6.03 Å². The van der Waals surface area contributed by atoms with Crippen molar-refractivity contribution in [3.05, 3.63) is 57.1 Å². The molecular weight excluding hydrogens is 581 g/mol. The molecular formula is C25H25Cl2N7O5S. The van der Waals surface area contributed by atoms with Crippen molar-refractivity contribution in [2.45, 2.75) is 25.2 Å². The lowest BCUT2D eigenvalue weighted by Crippen LogP contribution is -2.48. The maximum atomic E-state index is 14.1. The first-order valence-corrected chi connectivity index (χ1v) is 13.7. The van der Waals surface area contributed by atoms with Crippen LogP contribution in [0.1, 0.15) is 11.3 Å². The number of benzene rings is 1. The molecule has 2 unspecified atom stereocenters. The summed E-state index contributed by atoms with van der Waals surface area (Å²) in [5.41, 5.74) is 3.25. The van der Waals surface area contributed by atoms with E-state index in [0.29, 0.717) is 41.8 Å². The van der Waals surface area contributed by atoms with E-state index in [1.165, 1.54) is 41.4 Å². The minimum Gasteiger partial charge on any atom is -0.495 e. The number of rotatable bonds is 9. The number of thiazole rings is 1. The second-order valence-corrected chi connectivity index (χ2v) is 10.3. The van der Waals surface area contributed by atoms with Crippen LogP contribution in [0.3, 0.4) is 0 Å². The quantitative estimate of drug-likeness (QED) is 0.349. The van der Waals surface area contributed by atoms with Crippen LogP contribution in [0.4, 0.5) is 22.2 Å². The molecule has 0 radical (unpaired) electrons. The van der Waals surface area contributed by atoms with Crippen molar-refractivity contribution < 1.29 is 23.8 Å². The average Bonchev–Trinajstić information content (AvgIpc) is 3.63. The van der Waals surface area contributed by atoms with E-state index in [0.717, 1.165) is 0 Å². The number of hydrogen-bond acceptors (Lipinski definition) is 10. The number of methoxy groups -OCH3 is 2. The fourth-order valence-electron chi connectivity index (χ4n) is 4.44. The van der Waals surface area contributed by atoms with Gasteiger partial charge in [0.05, 0.1) is 69.5 Å². The summed E-state index contributed by atoms with van der Waals surface area (Å²) < 4.78 is 16.3. The lowest BCUT2D eigenvalue weighted by Gasteiger charge is -2.37. The Bertz CT molecular complexity index is 1410. The minimum atomic E-state index is -0.426. The van der Waals surface area contributed by atoms with Crippen molar-refractivity contribution in [1.29, 1.82) is 0 Å². The second-order valence-electron chi connectivity index (χ2n) is 8.84. The molecule has 0 aliphatic carbocycles. The van der Waals surface area contributed by atoms with Crippen LogP contribution in [0.15, 0.2) is 35.8 Å². The van der Waals surface area contributed by atoms with Crippen LogP contribution in [0.5, 0.6) is 11.5 Å². The number of carbonyl (C=O) groups excluding carboxylic acids is 2. The monoisotopic (exact) mass is 605 g/mol. The second kappa shape index (κ2) is 11.8. The number of anilines is 3. The molecule has 15 heteroatoms. The molecule has 1 fully saturated rings. The molecule has 0 bridgehead atoms. The Morgan fingerprint density at radius 3 is 2.60 bits per heavy atom. The van der Waals surface area contributed by atoms with Crippen molar-refractivity contribution in [1.82, 2.24) is 20.3 Å². The number of amides is 3. The van der Waals surface area contributed by atoms with Gasteiger partial charge in [0.1, 0.15) is 27.4 Å². The number of fused-ring (bicyclic) bond motifs is 1. The van der Waals surface area contributed by atoms with Gasteiger partial charge in [0.15, 0.2) is 0 Å². The molecule has 2 aromatic heterocycles. The molecule has 4 heterocycles. The zero-order chi connectivity index (χ0) is 28.4. The minimum absolute atomic E-state index is 0.0856. The summed E-state index contributed by atoms with van der Waals surface area (Å²) in [6.07, 6.45) is 2.83. The van der Waals surface area contributed by atoms with Gasteiger partial charge in [-0.2, -0.15) is 4.98 Å². The molecule has 3 aromatic rings. The lowest BCUT2D eigenvalue weighted by atomic mass is 10.1. The number of ether oxygens (including phenoxy) is 3. The van der Waals surface area contributed by atoms with Crippen LogP contribution in [0, 0.1) is 0 Å². The molecule has 2 aliphatic heterocycles. The molecule has 0 spiro atoms. The number of hydrogen-bond donors (Lipinski definition) is 2. The van der Waals surface area contributed by atoms with Gasteiger partial charge in [-0.3, -0.25) is 14.6 Å². The number of urea groups is 1. The summed E-state index contributed by atoms with van der Waals surface area (Å²) in [6, 6.07) is 0.541. The van der Waals surface area contributed by atoms with Crippen molar-refractivity contribution in [2.75, 3.05) is 42.5 Å². The smallest absolute Gasteiger partial charge is 0.330 e. The van der Waals surface area contributed by atoms with Gasteiger partial charge in [-0.05, 0) is 6.08 Å². The zero-order valence-electron chi connectivity index (χ0n) is 21.5. The predicted molar refractivity (Wildman–Crippen MR) is 152 cm³/mol. The van der Waals surface area contributed by atoms with Gasteiger partial charge in [-0.25, -0.2) is 14.8 Å². The van der Waals surface area contributed by atoms with E-state index in [-0.39, 0.29) is 52.8 Å². The van der Waals surface area contributed by atoms with Gasteiger partial charge in [0.25, 0.3) is 0 Å². The Morgan fingerprint density at radius 2 is 1.95 bits per heavy atom. The van der Waals surface area contributed by atoms with Crippen LogP contribution in [-0.4, -0.2) is 66.4 Å². The van der Waals surface area contributed by atoms with E-state index in [9.17, 15) is 9.59 Å². The number of nitrogens with zero attached hydrogens (tertiary/aromatic N) is 5. The zero-order valence-corrected chi connectivity index (χ0v) is 23.8. The molecule has 0 saturated carbocycles. The SMILES string of the molecule is C=CC(=O)NC1COCC1Nc1ncc2c(n1)N(Cc1cscn1)C(=O)N(c1c(Cl)c(OC)cc(OC)c1Cl)C2. The first-order valence-electron chi connectivity index (χ1n) is 12.0. The Morgan fingerprint density at radius 1 is 1.23 bits per heavy atom. The summed E-state index contributed by atoms with van der Waals surface area (Å²) >= 11 is 14.7. The molecule has 2 atom stereocenters. The summed E-state index contributed by atoms with van der Waals surface area (Å²) in [5, 5.41) is 8.22. The maximum Gasteiger partial charge on any atom is 0.330 e. The fraction of sp³-hybridized carbons (Fsp3) is 0.320. The summed E-state index contributed by atoms with van der Waals surface area (Å²) in [7, 11) is 2.93. The predicted octanol–water partition coefficient (Wildman–Crippen LogP) is 3.89. The van der Waals surface area contributed by atoms with Gasteiger partial charge in [0, 0.05) is 23.2 Å². The highest BCUT2D eigenvalue weighted by molar-refractivity contribution is 7.07. The molecule has 1 saturated heterocycles. The van der Waals surface area contributed by atoms with E-state index < -0.39 is 6.03 Å². The maximum absolute atomic E-state index is 14.1. The Labute approximate surface area is 243 Å². The molecule has 1 aromatic carbocycles. The van der Waals surface area contributed by atoms with Crippen LogP contribution in [-0.2, 0) is 22.6 Å². The van der Waals surface area contributed by atoms with E-state index in [4.69, 9.17) is 42.4 Å².